The van der Waals surface area contributed by atoms with E-state index in [2.05, 4.69) is 21.1 Å². The van der Waals surface area contributed by atoms with E-state index in [4.69, 9.17) is 19.0 Å². The van der Waals surface area contributed by atoms with Crippen molar-refractivity contribution >= 4 is 27.6 Å². The van der Waals surface area contributed by atoms with Crippen LogP contribution in [0.4, 0.5) is 0 Å². The van der Waals surface area contributed by atoms with Gasteiger partial charge in [0.1, 0.15) is 29.8 Å². The standard InChI is InChI=1S/C22H30BrNO5/c1-5-26-19-13-27-24-20(19)16-12-15(23)9-10-17(16)28-18(11-14-7-6-8-14)21(25)29-22(2,3)4/h9-10,12,14,18-19H,5-8,11,13H2,1-4H3. The van der Waals surface area contributed by atoms with Crippen LogP contribution in [-0.4, -0.2) is 42.7 Å². The number of oxime groups is 1. The molecule has 160 valence electrons. The molecular weight excluding hydrogens is 438 g/mol. The summed E-state index contributed by atoms with van der Waals surface area (Å²) in [7, 11) is 0. The second-order valence-electron chi connectivity index (χ2n) is 8.53. The van der Waals surface area contributed by atoms with Gasteiger partial charge >= 0.3 is 5.97 Å². The highest BCUT2D eigenvalue weighted by atomic mass is 79.9. The summed E-state index contributed by atoms with van der Waals surface area (Å²) in [6, 6.07) is 5.66. The number of hydrogen-bond donors (Lipinski definition) is 0. The molecule has 1 aromatic rings. The van der Waals surface area contributed by atoms with Crippen molar-refractivity contribution in [1.82, 2.24) is 0 Å². The Morgan fingerprint density at radius 2 is 2.10 bits per heavy atom. The lowest BCUT2D eigenvalue weighted by molar-refractivity contribution is -0.164. The van der Waals surface area contributed by atoms with Gasteiger partial charge in [-0.3, -0.25) is 0 Å². The molecule has 2 atom stereocenters. The van der Waals surface area contributed by atoms with Crippen LogP contribution in [0.3, 0.4) is 0 Å². The number of nitrogens with zero attached hydrogens (tertiary/aromatic N) is 1. The second-order valence-corrected chi connectivity index (χ2v) is 9.45. The number of benzene rings is 1. The van der Waals surface area contributed by atoms with Gasteiger partial charge in [0, 0.05) is 16.6 Å². The predicted octanol–water partition coefficient (Wildman–Crippen LogP) is 4.87. The first-order chi connectivity index (χ1) is 13.8. The number of ether oxygens (including phenoxy) is 3. The van der Waals surface area contributed by atoms with Crippen LogP contribution in [0.5, 0.6) is 5.75 Å². The fourth-order valence-electron chi connectivity index (χ4n) is 3.41. The zero-order chi connectivity index (χ0) is 21.0. The summed E-state index contributed by atoms with van der Waals surface area (Å²) in [5.41, 5.74) is 0.872. The topological polar surface area (TPSA) is 66.3 Å². The van der Waals surface area contributed by atoms with Crippen LogP contribution in [0.15, 0.2) is 27.8 Å². The fourth-order valence-corrected chi connectivity index (χ4v) is 3.77. The van der Waals surface area contributed by atoms with E-state index >= 15 is 0 Å². The molecule has 0 radical (unpaired) electrons. The average molecular weight is 468 g/mol. The summed E-state index contributed by atoms with van der Waals surface area (Å²) >= 11 is 3.51. The predicted molar refractivity (Wildman–Crippen MR) is 114 cm³/mol. The first kappa shape index (κ1) is 22.1. The Bertz CT molecular complexity index is 754. The first-order valence-electron chi connectivity index (χ1n) is 10.3. The monoisotopic (exact) mass is 467 g/mol. The van der Waals surface area contributed by atoms with Crippen LogP contribution in [-0.2, 0) is 19.1 Å². The van der Waals surface area contributed by atoms with Crippen LogP contribution >= 0.6 is 15.9 Å². The molecule has 1 aliphatic carbocycles. The van der Waals surface area contributed by atoms with Gasteiger partial charge in [-0.05, 0) is 58.2 Å². The summed E-state index contributed by atoms with van der Waals surface area (Å²) in [5, 5.41) is 4.18. The lowest BCUT2D eigenvalue weighted by Crippen LogP contribution is -2.38. The summed E-state index contributed by atoms with van der Waals surface area (Å²) in [5.74, 6) is 0.747. The number of carbonyl (C=O) groups excluding carboxylic acids is 1. The molecule has 2 aliphatic rings. The Kier molecular flexibility index (Phi) is 7.22. The molecule has 0 aromatic heterocycles. The van der Waals surface area contributed by atoms with Gasteiger partial charge < -0.3 is 19.0 Å². The van der Waals surface area contributed by atoms with Gasteiger partial charge in [0.05, 0.1) is 0 Å². The molecule has 7 heteroatoms. The van der Waals surface area contributed by atoms with Crippen molar-refractivity contribution in [1.29, 1.82) is 0 Å². The van der Waals surface area contributed by atoms with E-state index in [0.717, 1.165) is 22.9 Å². The van der Waals surface area contributed by atoms with E-state index < -0.39 is 11.7 Å². The van der Waals surface area contributed by atoms with Gasteiger partial charge in [0.25, 0.3) is 0 Å². The number of esters is 1. The highest BCUT2D eigenvalue weighted by molar-refractivity contribution is 9.10. The minimum atomic E-state index is -0.659. The number of carbonyl (C=O) groups is 1. The van der Waals surface area contributed by atoms with Crippen molar-refractivity contribution in [2.75, 3.05) is 13.2 Å². The highest BCUT2D eigenvalue weighted by Crippen LogP contribution is 2.34. The third-order valence-corrected chi connectivity index (χ3v) is 5.48. The normalized spacial score (nSPS) is 20.4. The van der Waals surface area contributed by atoms with E-state index in [9.17, 15) is 4.79 Å². The molecule has 0 amide bonds. The molecule has 29 heavy (non-hydrogen) atoms. The number of rotatable bonds is 8. The van der Waals surface area contributed by atoms with Crippen LogP contribution in [0.1, 0.15) is 58.9 Å². The van der Waals surface area contributed by atoms with Gasteiger partial charge in [0.15, 0.2) is 6.10 Å². The van der Waals surface area contributed by atoms with Crippen LogP contribution < -0.4 is 4.74 Å². The zero-order valence-electron chi connectivity index (χ0n) is 17.6. The average Bonchev–Trinajstić information content (AvgIpc) is 3.05. The van der Waals surface area contributed by atoms with Crippen molar-refractivity contribution in [2.45, 2.75) is 71.2 Å². The van der Waals surface area contributed by atoms with E-state index in [0.29, 0.717) is 37.0 Å². The highest BCUT2D eigenvalue weighted by Gasteiger charge is 2.34. The van der Waals surface area contributed by atoms with Crippen LogP contribution in [0.25, 0.3) is 0 Å². The van der Waals surface area contributed by atoms with Gasteiger partial charge in [0.2, 0.25) is 0 Å². The van der Waals surface area contributed by atoms with Crippen molar-refractivity contribution in [3.05, 3.63) is 28.2 Å². The third kappa shape index (κ3) is 5.95. The van der Waals surface area contributed by atoms with Gasteiger partial charge in [-0.1, -0.05) is 40.3 Å². The maximum absolute atomic E-state index is 12.9. The maximum atomic E-state index is 12.9. The van der Waals surface area contributed by atoms with Crippen LogP contribution in [0.2, 0.25) is 0 Å². The minimum Gasteiger partial charge on any atom is -0.478 e. The molecule has 1 heterocycles. The van der Waals surface area contributed by atoms with Crippen molar-refractivity contribution in [3.8, 4) is 5.75 Å². The maximum Gasteiger partial charge on any atom is 0.347 e. The summed E-state index contributed by atoms with van der Waals surface area (Å²) in [6.45, 7) is 8.46. The Hall–Kier alpha value is -1.60. The van der Waals surface area contributed by atoms with Crippen molar-refractivity contribution in [2.24, 2.45) is 11.1 Å². The largest absolute Gasteiger partial charge is 0.478 e. The Balaban J connectivity index is 1.86. The van der Waals surface area contributed by atoms with E-state index in [-0.39, 0.29) is 12.1 Å². The number of hydrogen-bond acceptors (Lipinski definition) is 6. The number of halogens is 1. The lowest BCUT2D eigenvalue weighted by Gasteiger charge is -2.31. The van der Waals surface area contributed by atoms with Crippen molar-refractivity contribution in [3.63, 3.8) is 0 Å². The minimum absolute atomic E-state index is 0.261. The zero-order valence-corrected chi connectivity index (χ0v) is 19.2. The molecule has 1 aromatic carbocycles. The molecular formula is C22H30BrNO5. The van der Waals surface area contributed by atoms with Crippen molar-refractivity contribution < 1.29 is 23.8 Å². The Morgan fingerprint density at radius 3 is 2.72 bits per heavy atom. The molecule has 1 aliphatic heterocycles. The summed E-state index contributed by atoms with van der Waals surface area (Å²) in [4.78, 5) is 18.2. The van der Waals surface area contributed by atoms with E-state index in [1.165, 1.54) is 6.42 Å². The molecule has 0 bridgehead atoms. The first-order valence-corrected chi connectivity index (χ1v) is 11.1. The van der Waals surface area contributed by atoms with Gasteiger partial charge in [-0.25, -0.2) is 4.79 Å². The van der Waals surface area contributed by atoms with Gasteiger partial charge in [-0.15, -0.1) is 0 Å². The molecule has 2 unspecified atom stereocenters. The van der Waals surface area contributed by atoms with Crippen LogP contribution in [0, 0.1) is 5.92 Å². The van der Waals surface area contributed by atoms with E-state index in [1.54, 1.807) is 0 Å². The lowest BCUT2D eigenvalue weighted by atomic mass is 9.81. The molecule has 1 saturated carbocycles. The Labute approximate surface area is 181 Å². The third-order valence-electron chi connectivity index (χ3n) is 4.99. The molecule has 0 spiro atoms. The molecule has 3 rings (SSSR count). The van der Waals surface area contributed by atoms with E-state index in [1.807, 2.05) is 45.9 Å². The fraction of sp³-hybridized carbons (Fsp3) is 0.636. The Morgan fingerprint density at radius 1 is 1.34 bits per heavy atom. The second kappa shape index (κ2) is 9.47. The quantitative estimate of drug-likeness (QED) is 0.510. The molecule has 6 nitrogen and oxygen atoms in total. The summed E-state index contributed by atoms with van der Waals surface area (Å²) < 4.78 is 18.5. The molecule has 0 saturated heterocycles. The SMILES string of the molecule is CCOC1CON=C1c1cc(Br)ccc1OC(CC1CCC1)C(=O)OC(C)(C)C. The van der Waals surface area contributed by atoms with Gasteiger partial charge in [-0.2, -0.15) is 0 Å². The summed E-state index contributed by atoms with van der Waals surface area (Å²) in [6.07, 6.45) is 3.20. The molecule has 1 fully saturated rings. The smallest absolute Gasteiger partial charge is 0.347 e. The molecule has 0 N–H and O–H groups in total.